The van der Waals surface area contributed by atoms with Crippen molar-refractivity contribution in [3.63, 3.8) is 0 Å². The standard InChI is InChI=1S/C19H24N4O3/c1-14-21-17(22-26-14)12-25-16-5-3-2-4-15(16)18(24)23-10-7-19(8-11-23)6-9-20-13-19/h2-5,20H,6-13H2,1H3. The molecule has 1 aromatic carbocycles. The number of carbonyl (C=O) groups is 1. The van der Waals surface area contributed by atoms with Crippen LogP contribution in [0.1, 0.15) is 41.3 Å². The summed E-state index contributed by atoms with van der Waals surface area (Å²) in [5.74, 6) is 1.56. The Morgan fingerprint density at radius 2 is 2.12 bits per heavy atom. The largest absolute Gasteiger partial charge is 0.485 e. The predicted molar refractivity (Wildman–Crippen MR) is 94.9 cm³/mol. The van der Waals surface area contributed by atoms with Crippen molar-refractivity contribution in [2.24, 2.45) is 5.41 Å². The number of piperidine rings is 1. The van der Waals surface area contributed by atoms with Crippen LogP contribution in [-0.2, 0) is 6.61 Å². The third-order valence-corrected chi connectivity index (χ3v) is 5.49. The molecule has 0 bridgehead atoms. The van der Waals surface area contributed by atoms with Gasteiger partial charge in [-0.05, 0) is 43.4 Å². The van der Waals surface area contributed by atoms with Crippen LogP contribution in [0.2, 0.25) is 0 Å². The molecule has 1 spiro atoms. The third kappa shape index (κ3) is 3.44. The molecule has 2 fully saturated rings. The molecule has 0 saturated carbocycles. The van der Waals surface area contributed by atoms with Crippen LogP contribution >= 0.6 is 0 Å². The number of ether oxygens (including phenoxy) is 1. The molecular weight excluding hydrogens is 332 g/mol. The topological polar surface area (TPSA) is 80.5 Å². The summed E-state index contributed by atoms with van der Waals surface area (Å²) in [6.07, 6.45) is 3.35. The number of hydrogen-bond acceptors (Lipinski definition) is 6. The summed E-state index contributed by atoms with van der Waals surface area (Å²) in [5, 5.41) is 7.28. The molecular formula is C19H24N4O3. The Morgan fingerprint density at radius 3 is 2.81 bits per heavy atom. The normalized spacial score (nSPS) is 19.0. The number of aromatic nitrogens is 2. The van der Waals surface area contributed by atoms with Crippen molar-refractivity contribution in [2.75, 3.05) is 26.2 Å². The number of likely N-dealkylation sites (tertiary alicyclic amines) is 1. The lowest BCUT2D eigenvalue weighted by Gasteiger charge is -2.39. The van der Waals surface area contributed by atoms with Crippen molar-refractivity contribution in [3.8, 4) is 5.75 Å². The van der Waals surface area contributed by atoms with Crippen molar-refractivity contribution in [1.82, 2.24) is 20.4 Å². The SMILES string of the molecule is Cc1nc(COc2ccccc2C(=O)N2CCC3(CCNC3)CC2)no1. The highest BCUT2D eigenvalue weighted by Gasteiger charge is 2.38. The lowest BCUT2D eigenvalue weighted by atomic mass is 9.78. The van der Waals surface area contributed by atoms with Gasteiger partial charge in [0, 0.05) is 26.6 Å². The van der Waals surface area contributed by atoms with Gasteiger partial charge in [-0.25, -0.2) is 0 Å². The van der Waals surface area contributed by atoms with Gasteiger partial charge < -0.3 is 19.5 Å². The van der Waals surface area contributed by atoms with Crippen LogP contribution in [0.5, 0.6) is 5.75 Å². The van der Waals surface area contributed by atoms with Crippen molar-refractivity contribution in [3.05, 3.63) is 41.5 Å². The molecule has 2 aliphatic rings. The number of benzene rings is 1. The number of carbonyl (C=O) groups excluding carboxylic acids is 1. The number of rotatable bonds is 4. The number of para-hydroxylation sites is 1. The second-order valence-corrected chi connectivity index (χ2v) is 7.23. The van der Waals surface area contributed by atoms with Crippen LogP contribution < -0.4 is 10.1 Å². The summed E-state index contributed by atoms with van der Waals surface area (Å²) in [6.45, 7) is 5.70. The molecule has 0 atom stereocenters. The van der Waals surface area contributed by atoms with Gasteiger partial charge in [0.05, 0.1) is 5.56 Å². The molecule has 2 aliphatic heterocycles. The number of nitrogens with one attached hydrogen (secondary N) is 1. The first-order chi connectivity index (χ1) is 12.7. The first kappa shape index (κ1) is 17.0. The summed E-state index contributed by atoms with van der Waals surface area (Å²) in [5.41, 5.74) is 0.983. The van der Waals surface area contributed by atoms with Crippen LogP contribution in [0.3, 0.4) is 0 Å². The van der Waals surface area contributed by atoms with E-state index in [-0.39, 0.29) is 12.5 Å². The Hall–Kier alpha value is -2.41. The summed E-state index contributed by atoms with van der Waals surface area (Å²) in [7, 11) is 0. The average molecular weight is 356 g/mol. The van der Waals surface area contributed by atoms with Crippen molar-refractivity contribution < 1.29 is 14.1 Å². The molecule has 26 heavy (non-hydrogen) atoms. The van der Waals surface area contributed by atoms with E-state index in [1.54, 1.807) is 6.92 Å². The van der Waals surface area contributed by atoms with E-state index in [2.05, 4.69) is 15.5 Å². The summed E-state index contributed by atoms with van der Waals surface area (Å²) < 4.78 is 10.7. The Balaban J connectivity index is 1.43. The number of aryl methyl sites for hydroxylation is 1. The minimum absolute atomic E-state index is 0.0331. The zero-order valence-electron chi connectivity index (χ0n) is 15.0. The fraction of sp³-hybridized carbons (Fsp3) is 0.526. The van der Waals surface area contributed by atoms with Gasteiger partial charge >= 0.3 is 0 Å². The third-order valence-electron chi connectivity index (χ3n) is 5.49. The van der Waals surface area contributed by atoms with Gasteiger partial charge in [-0.2, -0.15) is 4.98 Å². The summed E-state index contributed by atoms with van der Waals surface area (Å²) >= 11 is 0. The highest BCUT2D eigenvalue weighted by molar-refractivity contribution is 5.97. The van der Waals surface area contributed by atoms with E-state index in [0.717, 1.165) is 39.0 Å². The molecule has 0 radical (unpaired) electrons. The predicted octanol–water partition coefficient (Wildman–Crippen LogP) is 2.17. The Kier molecular flexibility index (Phi) is 4.63. The minimum atomic E-state index is 0.0331. The van der Waals surface area contributed by atoms with Crippen LogP contribution in [0.25, 0.3) is 0 Å². The molecule has 2 saturated heterocycles. The van der Waals surface area contributed by atoms with Gasteiger partial charge in [0.25, 0.3) is 5.91 Å². The second kappa shape index (κ2) is 7.07. The zero-order valence-corrected chi connectivity index (χ0v) is 15.0. The molecule has 1 N–H and O–H groups in total. The first-order valence-corrected chi connectivity index (χ1v) is 9.16. The van der Waals surface area contributed by atoms with Gasteiger partial charge in [-0.3, -0.25) is 4.79 Å². The molecule has 7 heteroatoms. The Morgan fingerprint density at radius 1 is 1.31 bits per heavy atom. The average Bonchev–Trinajstić information content (AvgIpc) is 3.29. The van der Waals surface area contributed by atoms with Crippen LogP contribution in [0, 0.1) is 12.3 Å². The van der Waals surface area contributed by atoms with Crippen molar-refractivity contribution in [2.45, 2.75) is 32.8 Å². The number of nitrogens with zero attached hydrogens (tertiary/aromatic N) is 3. The highest BCUT2D eigenvalue weighted by atomic mass is 16.5. The molecule has 3 heterocycles. The van der Waals surface area contributed by atoms with Crippen molar-refractivity contribution in [1.29, 1.82) is 0 Å². The minimum Gasteiger partial charge on any atom is -0.485 e. The maximum Gasteiger partial charge on any atom is 0.257 e. The van der Waals surface area contributed by atoms with E-state index in [1.807, 2.05) is 29.2 Å². The maximum absolute atomic E-state index is 13.0. The molecule has 138 valence electrons. The van der Waals surface area contributed by atoms with Gasteiger partial charge in [0.1, 0.15) is 5.75 Å². The number of amides is 1. The lowest BCUT2D eigenvalue weighted by Crippen LogP contribution is -2.44. The number of hydrogen-bond donors (Lipinski definition) is 1. The van der Waals surface area contributed by atoms with Gasteiger partial charge in [-0.1, -0.05) is 17.3 Å². The van der Waals surface area contributed by atoms with Crippen LogP contribution in [0.15, 0.2) is 28.8 Å². The molecule has 2 aromatic rings. The van der Waals surface area contributed by atoms with E-state index >= 15 is 0 Å². The summed E-state index contributed by atoms with van der Waals surface area (Å²) in [4.78, 5) is 19.1. The van der Waals surface area contributed by atoms with E-state index in [4.69, 9.17) is 9.26 Å². The Labute approximate surface area is 152 Å². The smallest absolute Gasteiger partial charge is 0.257 e. The van der Waals surface area contributed by atoms with E-state index in [1.165, 1.54) is 6.42 Å². The first-order valence-electron chi connectivity index (χ1n) is 9.16. The highest BCUT2D eigenvalue weighted by Crippen LogP contribution is 2.37. The summed E-state index contributed by atoms with van der Waals surface area (Å²) in [6, 6.07) is 7.36. The monoisotopic (exact) mass is 356 g/mol. The fourth-order valence-corrected chi connectivity index (χ4v) is 3.89. The van der Waals surface area contributed by atoms with E-state index in [0.29, 0.717) is 28.4 Å². The fourth-order valence-electron chi connectivity index (χ4n) is 3.89. The molecule has 0 unspecified atom stereocenters. The lowest BCUT2D eigenvalue weighted by molar-refractivity contribution is 0.0603. The Bertz CT molecular complexity index is 773. The van der Waals surface area contributed by atoms with E-state index in [9.17, 15) is 4.79 Å². The van der Waals surface area contributed by atoms with Gasteiger partial charge in [0.2, 0.25) is 11.7 Å². The maximum atomic E-state index is 13.0. The molecule has 1 aromatic heterocycles. The molecule has 4 rings (SSSR count). The molecule has 1 amide bonds. The van der Waals surface area contributed by atoms with Gasteiger partial charge in [-0.15, -0.1) is 0 Å². The molecule has 7 nitrogen and oxygen atoms in total. The van der Waals surface area contributed by atoms with Crippen LogP contribution in [0.4, 0.5) is 0 Å². The molecule has 0 aliphatic carbocycles. The zero-order chi connectivity index (χ0) is 18.0. The van der Waals surface area contributed by atoms with Crippen LogP contribution in [-0.4, -0.2) is 47.1 Å². The van der Waals surface area contributed by atoms with Gasteiger partial charge in [0.15, 0.2) is 6.61 Å². The van der Waals surface area contributed by atoms with Crippen molar-refractivity contribution >= 4 is 5.91 Å². The second-order valence-electron chi connectivity index (χ2n) is 7.23. The quantitative estimate of drug-likeness (QED) is 0.904. The van der Waals surface area contributed by atoms with E-state index < -0.39 is 0 Å².